The number of rotatable bonds is 6. The van der Waals surface area contributed by atoms with E-state index in [1.807, 2.05) is 17.5 Å². The molecule has 2 aromatic heterocycles. The molecule has 2 amide bonds. The third-order valence-corrected chi connectivity index (χ3v) is 7.46. The van der Waals surface area contributed by atoms with Crippen LogP contribution in [0.15, 0.2) is 30.4 Å². The Morgan fingerprint density at radius 1 is 1.29 bits per heavy atom. The number of fused-ring (bicyclic) bond motifs is 1. The van der Waals surface area contributed by atoms with Crippen LogP contribution in [-0.2, 0) is 33.7 Å². The van der Waals surface area contributed by atoms with Crippen molar-refractivity contribution in [1.82, 2.24) is 4.90 Å². The zero-order valence-corrected chi connectivity index (χ0v) is 18.7. The number of carbonyl (C=O) groups is 3. The molecule has 164 valence electrons. The molecule has 31 heavy (non-hydrogen) atoms. The van der Waals surface area contributed by atoms with Gasteiger partial charge in [0, 0.05) is 16.3 Å². The zero-order chi connectivity index (χ0) is 21.8. The van der Waals surface area contributed by atoms with Gasteiger partial charge in [-0.15, -0.1) is 22.7 Å². The van der Waals surface area contributed by atoms with Crippen LogP contribution in [0.25, 0.3) is 0 Å². The summed E-state index contributed by atoms with van der Waals surface area (Å²) in [6.07, 6.45) is 5.16. The van der Waals surface area contributed by atoms with Crippen LogP contribution in [0, 0.1) is 0 Å². The van der Waals surface area contributed by atoms with Crippen LogP contribution in [0.1, 0.15) is 51.4 Å². The Hall–Kier alpha value is -2.65. The second-order valence-electron chi connectivity index (χ2n) is 7.55. The van der Waals surface area contributed by atoms with E-state index in [1.165, 1.54) is 22.7 Å². The standard InChI is InChI=1S/C22H24N2O5S2/c1-2-28-22(27)24-10-9-16-17(13-24)31-20(23-18(25)12-15-8-5-11-30-15)19(16)21(26)29-14-6-3-4-7-14/h2,5,8,11,14H,1,3-4,6-7,9-10,12-13H2,(H,23,25). The average Bonchev–Trinajstić information content (AvgIpc) is 3.48. The Kier molecular flexibility index (Phi) is 6.72. The molecule has 1 aliphatic heterocycles. The van der Waals surface area contributed by atoms with E-state index in [2.05, 4.69) is 11.9 Å². The molecule has 0 spiro atoms. The molecule has 0 unspecified atom stereocenters. The number of hydrogen-bond acceptors (Lipinski definition) is 7. The van der Waals surface area contributed by atoms with Gasteiger partial charge in [0.1, 0.15) is 11.1 Å². The van der Waals surface area contributed by atoms with Gasteiger partial charge in [0.25, 0.3) is 0 Å². The molecule has 1 N–H and O–H groups in total. The van der Waals surface area contributed by atoms with Gasteiger partial charge in [0.2, 0.25) is 5.91 Å². The summed E-state index contributed by atoms with van der Waals surface area (Å²) in [5, 5.41) is 5.33. The van der Waals surface area contributed by atoms with Crippen LogP contribution in [0.3, 0.4) is 0 Å². The molecule has 1 saturated carbocycles. The number of hydrogen-bond donors (Lipinski definition) is 1. The van der Waals surface area contributed by atoms with Crippen LogP contribution < -0.4 is 5.32 Å². The molecule has 2 aliphatic rings. The largest absolute Gasteiger partial charge is 0.459 e. The van der Waals surface area contributed by atoms with Gasteiger partial charge in [-0.25, -0.2) is 9.59 Å². The van der Waals surface area contributed by atoms with E-state index in [4.69, 9.17) is 9.47 Å². The number of anilines is 1. The summed E-state index contributed by atoms with van der Waals surface area (Å²) in [7, 11) is 0. The SMILES string of the molecule is C=COC(=O)N1CCc2c(sc(NC(=O)Cc3cccs3)c2C(=O)OC2CCCC2)C1. The number of esters is 1. The third kappa shape index (κ3) is 4.99. The molecular formula is C22H24N2O5S2. The number of nitrogens with zero attached hydrogens (tertiary/aromatic N) is 1. The maximum atomic E-state index is 13.1. The molecule has 2 aromatic rings. The van der Waals surface area contributed by atoms with Gasteiger partial charge in [-0.05, 0) is 49.1 Å². The van der Waals surface area contributed by atoms with Crippen molar-refractivity contribution in [3.05, 3.63) is 51.2 Å². The number of carbonyl (C=O) groups excluding carboxylic acids is 3. The lowest BCUT2D eigenvalue weighted by atomic mass is 10.0. The van der Waals surface area contributed by atoms with E-state index < -0.39 is 12.1 Å². The molecular weight excluding hydrogens is 436 g/mol. The average molecular weight is 461 g/mol. The second-order valence-corrected chi connectivity index (χ2v) is 9.68. The molecule has 0 aromatic carbocycles. The van der Waals surface area contributed by atoms with Crippen molar-refractivity contribution in [2.75, 3.05) is 11.9 Å². The fraction of sp³-hybridized carbons (Fsp3) is 0.409. The maximum Gasteiger partial charge on any atom is 0.414 e. The molecule has 3 heterocycles. The molecule has 1 aliphatic carbocycles. The van der Waals surface area contributed by atoms with Crippen molar-refractivity contribution in [3.63, 3.8) is 0 Å². The van der Waals surface area contributed by atoms with Crippen molar-refractivity contribution in [1.29, 1.82) is 0 Å². The minimum Gasteiger partial charge on any atom is -0.459 e. The second kappa shape index (κ2) is 9.65. The Bertz CT molecular complexity index is 976. The van der Waals surface area contributed by atoms with Crippen molar-refractivity contribution in [3.8, 4) is 0 Å². The highest BCUT2D eigenvalue weighted by molar-refractivity contribution is 7.17. The molecule has 0 saturated heterocycles. The Morgan fingerprint density at radius 3 is 2.81 bits per heavy atom. The van der Waals surface area contributed by atoms with Crippen molar-refractivity contribution in [2.45, 2.75) is 51.2 Å². The number of amides is 2. The predicted octanol–water partition coefficient (Wildman–Crippen LogP) is 4.73. The number of nitrogens with one attached hydrogen (secondary N) is 1. The Labute approximate surface area is 188 Å². The fourth-order valence-corrected chi connectivity index (χ4v) is 5.94. The van der Waals surface area contributed by atoms with E-state index in [0.717, 1.165) is 47.3 Å². The van der Waals surface area contributed by atoms with Crippen LogP contribution in [0.4, 0.5) is 9.80 Å². The van der Waals surface area contributed by atoms with Gasteiger partial charge in [0.05, 0.1) is 24.8 Å². The highest BCUT2D eigenvalue weighted by Crippen LogP contribution is 2.38. The first-order chi connectivity index (χ1) is 15.0. The molecule has 4 rings (SSSR count). The van der Waals surface area contributed by atoms with Gasteiger partial charge in [-0.2, -0.15) is 0 Å². The molecule has 1 fully saturated rings. The molecule has 7 nitrogen and oxygen atoms in total. The molecule has 9 heteroatoms. The van der Waals surface area contributed by atoms with E-state index in [0.29, 0.717) is 30.1 Å². The quantitative estimate of drug-likeness (QED) is 0.498. The summed E-state index contributed by atoms with van der Waals surface area (Å²) in [5.74, 6) is -0.572. The zero-order valence-electron chi connectivity index (χ0n) is 17.1. The lowest BCUT2D eigenvalue weighted by Gasteiger charge is -2.25. The summed E-state index contributed by atoms with van der Waals surface area (Å²) in [6, 6.07) is 3.81. The van der Waals surface area contributed by atoms with E-state index in [9.17, 15) is 14.4 Å². The van der Waals surface area contributed by atoms with Crippen LogP contribution in [-0.4, -0.2) is 35.5 Å². The Morgan fingerprint density at radius 2 is 2.10 bits per heavy atom. The fourth-order valence-electron chi connectivity index (χ4n) is 3.97. The first kappa shape index (κ1) is 21.6. The first-order valence-electron chi connectivity index (χ1n) is 10.3. The van der Waals surface area contributed by atoms with E-state index in [-0.39, 0.29) is 18.4 Å². The number of thiophene rings is 2. The van der Waals surface area contributed by atoms with Crippen molar-refractivity contribution in [2.24, 2.45) is 0 Å². The topological polar surface area (TPSA) is 84.9 Å². The first-order valence-corrected chi connectivity index (χ1v) is 12.0. The van der Waals surface area contributed by atoms with E-state index >= 15 is 0 Å². The summed E-state index contributed by atoms with van der Waals surface area (Å²) in [5.41, 5.74) is 1.28. The Balaban J connectivity index is 1.57. The molecule has 0 bridgehead atoms. The van der Waals surface area contributed by atoms with Crippen LogP contribution >= 0.6 is 22.7 Å². The van der Waals surface area contributed by atoms with Gasteiger partial charge >= 0.3 is 12.1 Å². The summed E-state index contributed by atoms with van der Waals surface area (Å²) in [4.78, 5) is 41.2. The van der Waals surface area contributed by atoms with Gasteiger partial charge in [-0.3, -0.25) is 4.79 Å². The summed E-state index contributed by atoms with van der Waals surface area (Å²) in [6.45, 7) is 4.15. The van der Waals surface area contributed by atoms with E-state index in [1.54, 1.807) is 4.90 Å². The van der Waals surface area contributed by atoms with Crippen LogP contribution in [0.5, 0.6) is 0 Å². The lowest BCUT2D eigenvalue weighted by molar-refractivity contribution is -0.115. The van der Waals surface area contributed by atoms with Crippen molar-refractivity contribution >= 4 is 45.6 Å². The molecule has 0 radical (unpaired) electrons. The number of ether oxygens (including phenoxy) is 2. The lowest BCUT2D eigenvalue weighted by Crippen LogP contribution is -2.35. The minimum atomic E-state index is -0.479. The summed E-state index contributed by atoms with van der Waals surface area (Å²) >= 11 is 2.84. The predicted molar refractivity (Wildman–Crippen MR) is 119 cm³/mol. The normalized spacial score (nSPS) is 15.9. The van der Waals surface area contributed by atoms with Gasteiger partial charge < -0.3 is 19.7 Å². The van der Waals surface area contributed by atoms with Crippen LogP contribution in [0.2, 0.25) is 0 Å². The minimum absolute atomic E-state index is 0.0691. The smallest absolute Gasteiger partial charge is 0.414 e. The third-order valence-electron chi connectivity index (χ3n) is 5.45. The molecule has 0 atom stereocenters. The maximum absolute atomic E-state index is 13.1. The monoisotopic (exact) mass is 460 g/mol. The van der Waals surface area contributed by atoms with Gasteiger partial charge in [0.15, 0.2) is 0 Å². The van der Waals surface area contributed by atoms with Crippen molar-refractivity contribution < 1.29 is 23.9 Å². The van der Waals surface area contributed by atoms with Gasteiger partial charge in [-0.1, -0.05) is 12.6 Å². The highest BCUT2D eigenvalue weighted by atomic mass is 32.1. The highest BCUT2D eigenvalue weighted by Gasteiger charge is 2.33. The summed E-state index contributed by atoms with van der Waals surface area (Å²) < 4.78 is 10.7.